The topological polar surface area (TPSA) is 0 Å². The molecule has 4 aromatic rings. The Labute approximate surface area is 198 Å². The van der Waals surface area contributed by atoms with Crippen LogP contribution in [0, 0.1) is 0 Å². The first-order valence-electron chi connectivity index (χ1n) is 9.71. The number of benzene rings is 4. The molecule has 0 spiro atoms. The standard InChI is InChI=1S/C26H21F3P.HI/c27-26(28,29)22-12-10-11-21(19-22)20-30(23-13-4-1-5-14-23,24-15-6-2-7-16-24)25-17-8-3-9-18-25;/h1-19H,20H2;1H/q+1;/p-1. The van der Waals surface area contributed by atoms with Crippen molar-refractivity contribution in [3.05, 3.63) is 126 Å². The van der Waals surface area contributed by atoms with E-state index in [-0.39, 0.29) is 24.0 Å². The maximum atomic E-state index is 13.4. The fraction of sp³-hybridized carbons (Fsp3) is 0.0769. The van der Waals surface area contributed by atoms with Gasteiger partial charge < -0.3 is 24.0 Å². The molecule has 0 unspecified atom stereocenters. The third-order valence-electron chi connectivity index (χ3n) is 5.26. The first-order valence-corrected chi connectivity index (χ1v) is 11.7. The molecule has 5 heteroatoms. The minimum atomic E-state index is -4.36. The lowest BCUT2D eigenvalue weighted by Gasteiger charge is -2.28. The molecule has 0 nitrogen and oxygen atoms in total. The van der Waals surface area contributed by atoms with Crippen molar-refractivity contribution in [3.8, 4) is 0 Å². The van der Waals surface area contributed by atoms with Gasteiger partial charge in [-0.1, -0.05) is 66.7 Å². The number of rotatable bonds is 5. The quantitative estimate of drug-likeness (QED) is 0.266. The Balaban J connectivity index is 0.00000272. The number of halogens is 4. The van der Waals surface area contributed by atoms with Gasteiger partial charge in [-0.3, -0.25) is 0 Å². The van der Waals surface area contributed by atoms with Crippen LogP contribution in [0.4, 0.5) is 13.2 Å². The number of hydrogen-bond acceptors (Lipinski definition) is 0. The molecule has 0 aliphatic heterocycles. The largest absolute Gasteiger partial charge is 1.00 e. The highest BCUT2D eigenvalue weighted by molar-refractivity contribution is 7.95. The second kappa shape index (κ2) is 9.97. The van der Waals surface area contributed by atoms with Gasteiger partial charge in [0.15, 0.2) is 0 Å². The maximum absolute atomic E-state index is 13.4. The Kier molecular flexibility index (Phi) is 7.55. The van der Waals surface area contributed by atoms with E-state index in [9.17, 15) is 13.2 Å². The van der Waals surface area contributed by atoms with Crippen LogP contribution >= 0.6 is 7.26 Å². The van der Waals surface area contributed by atoms with Crippen LogP contribution in [0.5, 0.6) is 0 Å². The van der Waals surface area contributed by atoms with Gasteiger partial charge in [-0.05, 0) is 54.1 Å². The Morgan fingerprint density at radius 3 is 1.35 bits per heavy atom. The second-order valence-corrected chi connectivity index (χ2v) is 10.7. The molecule has 0 N–H and O–H groups in total. The van der Waals surface area contributed by atoms with Gasteiger partial charge in [0.2, 0.25) is 0 Å². The van der Waals surface area contributed by atoms with Crippen molar-refractivity contribution >= 4 is 23.2 Å². The highest BCUT2D eigenvalue weighted by Gasteiger charge is 2.45. The van der Waals surface area contributed by atoms with Crippen molar-refractivity contribution in [2.24, 2.45) is 0 Å². The van der Waals surface area contributed by atoms with E-state index in [1.807, 2.05) is 54.6 Å². The summed E-state index contributed by atoms with van der Waals surface area (Å²) in [4.78, 5) is 0. The predicted octanol–water partition coefficient (Wildman–Crippen LogP) is 3.20. The minimum absolute atomic E-state index is 0. The van der Waals surface area contributed by atoms with Crippen LogP contribution in [0.3, 0.4) is 0 Å². The van der Waals surface area contributed by atoms with Gasteiger partial charge in [0.05, 0.1) is 11.7 Å². The SMILES string of the molecule is FC(F)(F)c1cccc(C[P+](c2ccccc2)(c2ccccc2)c2ccccc2)c1.[I-]. The van der Waals surface area contributed by atoms with Gasteiger partial charge in [-0.2, -0.15) is 13.2 Å². The third-order valence-corrected chi connectivity index (χ3v) is 9.64. The van der Waals surface area contributed by atoms with Crippen LogP contribution in [-0.2, 0) is 12.3 Å². The van der Waals surface area contributed by atoms with Crippen molar-refractivity contribution in [1.29, 1.82) is 0 Å². The fourth-order valence-electron chi connectivity index (χ4n) is 3.89. The summed E-state index contributed by atoms with van der Waals surface area (Å²) in [5.74, 6) is 0. The van der Waals surface area contributed by atoms with Crippen LogP contribution in [0.2, 0.25) is 0 Å². The lowest BCUT2D eigenvalue weighted by Crippen LogP contribution is -3.00. The van der Waals surface area contributed by atoms with Crippen LogP contribution in [0.15, 0.2) is 115 Å². The Morgan fingerprint density at radius 1 is 0.548 bits per heavy atom. The normalized spacial score (nSPS) is 11.6. The van der Waals surface area contributed by atoms with Gasteiger partial charge in [-0.25, -0.2) is 0 Å². The summed E-state index contributed by atoms with van der Waals surface area (Å²) in [5.41, 5.74) is 0.0852. The van der Waals surface area contributed by atoms with Crippen LogP contribution in [0.1, 0.15) is 11.1 Å². The summed E-state index contributed by atoms with van der Waals surface area (Å²) in [6, 6.07) is 36.3. The summed E-state index contributed by atoms with van der Waals surface area (Å²) in [6.07, 6.45) is -3.84. The molecule has 0 fully saturated rings. The van der Waals surface area contributed by atoms with E-state index in [2.05, 4.69) is 36.4 Å². The van der Waals surface area contributed by atoms with E-state index in [0.717, 1.165) is 22.0 Å². The van der Waals surface area contributed by atoms with Crippen molar-refractivity contribution in [2.45, 2.75) is 12.3 Å². The Bertz CT molecular complexity index is 1000. The molecule has 0 bridgehead atoms. The first-order chi connectivity index (χ1) is 14.5. The second-order valence-electron chi connectivity index (χ2n) is 7.17. The zero-order valence-electron chi connectivity index (χ0n) is 16.6. The highest BCUT2D eigenvalue weighted by Crippen LogP contribution is 2.58. The number of hydrogen-bond donors (Lipinski definition) is 0. The molecule has 0 saturated heterocycles. The molecular weight excluding hydrogens is 527 g/mol. The smallest absolute Gasteiger partial charge is 0.416 e. The van der Waals surface area contributed by atoms with Gasteiger partial charge in [0.1, 0.15) is 23.2 Å². The van der Waals surface area contributed by atoms with Crippen molar-refractivity contribution in [1.82, 2.24) is 0 Å². The average Bonchev–Trinajstić information content (AvgIpc) is 2.79. The fourth-order valence-corrected chi connectivity index (χ4v) is 8.12. The summed E-state index contributed by atoms with van der Waals surface area (Å²) < 4.78 is 40.1. The molecule has 4 rings (SSSR count). The van der Waals surface area contributed by atoms with E-state index in [1.54, 1.807) is 6.07 Å². The molecule has 31 heavy (non-hydrogen) atoms. The summed E-state index contributed by atoms with van der Waals surface area (Å²) in [6.45, 7) is 0. The molecule has 0 heterocycles. The van der Waals surface area contributed by atoms with Crippen LogP contribution in [-0.4, -0.2) is 0 Å². The van der Waals surface area contributed by atoms with Gasteiger partial charge in [-0.15, -0.1) is 0 Å². The molecule has 0 aliphatic rings. The summed E-state index contributed by atoms with van der Waals surface area (Å²) in [7, 11) is -2.21. The zero-order valence-corrected chi connectivity index (χ0v) is 19.7. The molecule has 0 atom stereocenters. The molecular formula is C26H21F3IP. The highest BCUT2D eigenvalue weighted by atomic mass is 127. The van der Waals surface area contributed by atoms with Gasteiger partial charge in [0, 0.05) is 0 Å². The zero-order chi connectivity index (χ0) is 21.0. The maximum Gasteiger partial charge on any atom is 0.416 e. The van der Waals surface area contributed by atoms with E-state index in [4.69, 9.17) is 0 Å². The lowest BCUT2D eigenvalue weighted by molar-refractivity contribution is -0.137. The molecule has 0 amide bonds. The van der Waals surface area contributed by atoms with E-state index in [0.29, 0.717) is 11.7 Å². The molecule has 0 saturated carbocycles. The van der Waals surface area contributed by atoms with E-state index < -0.39 is 19.0 Å². The minimum Gasteiger partial charge on any atom is -1.00 e. The van der Waals surface area contributed by atoms with Gasteiger partial charge in [0.25, 0.3) is 0 Å². The summed E-state index contributed by atoms with van der Waals surface area (Å²) in [5, 5.41) is 3.46. The monoisotopic (exact) mass is 548 g/mol. The molecule has 4 aromatic carbocycles. The van der Waals surface area contributed by atoms with Crippen LogP contribution < -0.4 is 39.9 Å². The van der Waals surface area contributed by atoms with Crippen molar-refractivity contribution in [2.75, 3.05) is 0 Å². The molecule has 0 aliphatic carbocycles. The van der Waals surface area contributed by atoms with Gasteiger partial charge >= 0.3 is 6.18 Å². The predicted molar refractivity (Wildman–Crippen MR) is 120 cm³/mol. The van der Waals surface area contributed by atoms with E-state index >= 15 is 0 Å². The third kappa shape index (κ3) is 5.02. The Hall–Kier alpha value is -2.17. The molecule has 0 aromatic heterocycles. The average molecular weight is 548 g/mol. The first kappa shape index (κ1) is 23.5. The van der Waals surface area contributed by atoms with Crippen molar-refractivity contribution < 1.29 is 37.1 Å². The molecule has 0 radical (unpaired) electrons. The van der Waals surface area contributed by atoms with E-state index in [1.165, 1.54) is 12.1 Å². The Morgan fingerprint density at radius 2 is 0.968 bits per heavy atom. The van der Waals surface area contributed by atoms with Crippen molar-refractivity contribution in [3.63, 3.8) is 0 Å². The summed E-state index contributed by atoms with van der Waals surface area (Å²) >= 11 is 0. The molecule has 158 valence electrons. The lowest BCUT2D eigenvalue weighted by atomic mass is 10.1. The van der Waals surface area contributed by atoms with Crippen LogP contribution in [0.25, 0.3) is 0 Å². The number of alkyl halides is 3.